The van der Waals surface area contributed by atoms with Gasteiger partial charge in [0.05, 0.1) is 11.1 Å². The molecular weight excluding hydrogens is 335 g/mol. The molecule has 5 nitrogen and oxygen atoms in total. The standard InChI is InChI=1S/C17H18F3N3O2/c1-11(15(24)25-16(2,3)4)23(10-17(18,19)20)14-6-5-12(8-21)13(7-14)9-22/h5-7,11H,10H2,1-4H3/t11-/m0/s1. The number of benzene rings is 1. The predicted octanol–water partition coefficient (Wildman–Crippen LogP) is 3.53. The van der Waals surface area contributed by atoms with Crippen molar-refractivity contribution in [2.45, 2.75) is 45.5 Å². The molecule has 0 amide bonds. The van der Waals surface area contributed by atoms with Crippen LogP contribution in [0.5, 0.6) is 0 Å². The number of nitrogens with zero attached hydrogens (tertiary/aromatic N) is 3. The fourth-order valence-electron chi connectivity index (χ4n) is 2.06. The molecule has 0 bridgehead atoms. The highest BCUT2D eigenvalue weighted by molar-refractivity contribution is 5.80. The summed E-state index contributed by atoms with van der Waals surface area (Å²) in [5.41, 5.74) is -0.865. The van der Waals surface area contributed by atoms with Gasteiger partial charge in [0.2, 0.25) is 0 Å². The SMILES string of the molecule is C[C@@H](C(=O)OC(C)(C)C)N(CC(F)(F)F)c1ccc(C#N)c(C#N)c1. The molecule has 0 aliphatic heterocycles. The number of hydrogen-bond acceptors (Lipinski definition) is 5. The van der Waals surface area contributed by atoms with Crippen molar-refractivity contribution in [2.24, 2.45) is 0 Å². The summed E-state index contributed by atoms with van der Waals surface area (Å²) in [5, 5.41) is 18.0. The number of carbonyl (C=O) groups is 1. The smallest absolute Gasteiger partial charge is 0.405 e. The third kappa shape index (κ3) is 6.00. The van der Waals surface area contributed by atoms with Crippen LogP contribution in [0, 0.1) is 22.7 Å². The molecule has 1 rings (SSSR count). The number of rotatable bonds is 4. The number of nitriles is 2. The van der Waals surface area contributed by atoms with Gasteiger partial charge in [0.1, 0.15) is 30.3 Å². The second kappa shape index (κ2) is 7.43. The van der Waals surface area contributed by atoms with E-state index in [1.54, 1.807) is 32.9 Å². The minimum atomic E-state index is -4.57. The minimum Gasteiger partial charge on any atom is -0.458 e. The van der Waals surface area contributed by atoms with Gasteiger partial charge in [0, 0.05) is 5.69 Å². The number of anilines is 1. The van der Waals surface area contributed by atoms with Gasteiger partial charge < -0.3 is 9.64 Å². The Morgan fingerprint density at radius 2 is 1.76 bits per heavy atom. The Kier molecular flexibility index (Phi) is 6.04. The molecule has 0 unspecified atom stereocenters. The number of carbonyl (C=O) groups excluding carboxylic acids is 1. The average Bonchev–Trinajstić information content (AvgIpc) is 2.48. The molecule has 134 valence electrons. The lowest BCUT2D eigenvalue weighted by molar-refractivity contribution is -0.157. The fourth-order valence-corrected chi connectivity index (χ4v) is 2.06. The third-order valence-corrected chi connectivity index (χ3v) is 3.14. The summed E-state index contributed by atoms with van der Waals surface area (Å²) in [4.78, 5) is 13.0. The first kappa shape index (κ1) is 20.3. The van der Waals surface area contributed by atoms with Crippen LogP contribution in [0.25, 0.3) is 0 Å². The van der Waals surface area contributed by atoms with Crippen molar-refractivity contribution in [3.8, 4) is 12.1 Å². The van der Waals surface area contributed by atoms with E-state index >= 15 is 0 Å². The molecule has 0 fully saturated rings. The Labute approximate surface area is 144 Å². The highest BCUT2D eigenvalue weighted by Gasteiger charge is 2.36. The molecule has 1 aromatic carbocycles. The quantitative estimate of drug-likeness (QED) is 0.774. The summed E-state index contributed by atoms with van der Waals surface area (Å²) in [6, 6.07) is 5.99. The van der Waals surface area contributed by atoms with Crippen LogP contribution in [0.2, 0.25) is 0 Å². The molecule has 0 aromatic heterocycles. The maximum atomic E-state index is 13.0. The highest BCUT2D eigenvalue weighted by atomic mass is 19.4. The van der Waals surface area contributed by atoms with Crippen LogP contribution in [-0.4, -0.2) is 30.3 Å². The number of esters is 1. The van der Waals surface area contributed by atoms with Crippen LogP contribution in [0.3, 0.4) is 0 Å². The molecule has 0 aliphatic rings. The van der Waals surface area contributed by atoms with E-state index < -0.39 is 30.3 Å². The van der Waals surface area contributed by atoms with Crippen LogP contribution in [-0.2, 0) is 9.53 Å². The topological polar surface area (TPSA) is 77.1 Å². The van der Waals surface area contributed by atoms with Gasteiger partial charge in [0.15, 0.2) is 0 Å². The molecule has 0 saturated carbocycles. The Hall–Kier alpha value is -2.74. The maximum absolute atomic E-state index is 13.0. The van der Waals surface area contributed by atoms with E-state index in [4.69, 9.17) is 15.3 Å². The second-order valence-electron chi connectivity index (χ2n) is 6.41. The number of alkyl halides is 3. The van der Waals surface area contributed by atoms with Crippen molar-refractivity contribution in [3.05, 3.63) is 29.3 Å². The summed E-state index contributed by atoms with van der Waals surface area (Å²) >= 11 is 0. The number of ether oxygens (including phenoxy) is 1. The zero-order valence-corrected chi connectivity index (χ0v) is 14.3. The Morgan fingerprint density at radius 1 is 1.20 bits per heavy atom. The molecular formula is C17H18F3N3O2. The van der Waals surface area contributed by atoms with E-state index in [1.807, 2.05) is 0 Å². The summed E-state index contributed by atoms with van der Waals surface area (Å²) in [6.45, 7) is 4.73. The first-order valence-electron chi connectivity index (χ1n) is 7.38. The van der Waals surface area contributed by atoms with Crippen molar-refractivity contribution < 1.29 is 22.7 Å². The zero-order chi connectivity index (χ0) is 19.4. The van der Waals surface area contributed by atoms with E-state index in [0.717, 1.165) is 11.0 Å². The van der Waals surface area contributed by atoms with Crippen LogP contribution < -0.4 is 4.90 Å². The molecule has 0 radical (unpaired) electrons. The molecule has 0 N–H and O–H groups in total. The van der Waals surface area contributed by atoms with E-state index in [-0.39, 0.29) is 16.8 Å². The average molecular weight is 353 g/mol. The molecule has 1 aromatic rings. The largest absolute Gasteiger partial charge is 0.458 e. The number of halogens is 3. The monoisotopic (exact) mass is 353 g/mol. The van der Waals surface area contributed by atoms with E-state index in [1.165, 1.54) is 19.1 Å². The maximum Gasteiger partial charge on any atom is 0.405 e. The summed E-state index contributed by atoms with van der Waals surface area (Å²) in [6.07, 6.45) is -4.57. The van der Waals surface area contributed by atoms with Crippen LogP contribution in [0.15, 0.2) is 18.2 Å². The van der Waals surface area contributed by atoms with Crippen LogP contribution >= 0.6 is 0 Å². The summed E-state index contributed by atoms with van der Waals surface area (Å²) in [7, 11) is 0. The molecule has 0 heterocycles. The Morgan fingerprint density at radius 3 is 2.20 bits per heavy atom. The van der Waals surface area contributed by atoms with Gasteiger partial charge >= 0.3 is 12.1 Å². The van der Waals surface area contributed by atoms with Gasteiger partial charge in [-0.15, -0.1) is 0 Å². The van der Waals surface area contributed by atoms with E-state index in [9.17, 15) is 18.0 Å². The molecule has 0 spiro atoms. The Balaban J connectivity index is 3.28. The van der Waals surface area contributed by atoms with Crippen LogP contribution in [0.1, 0.15) is 38.8 Å². The van der Waals surface area contributed by atoms with Crippen LogP contribution in [0.4, 0.5) is 18.9 Å². The Bertz CT molecular complexity index is 725. The van der Waals surface area contributed by atoms with Gasteiger partial charge in [-0.05, 0) is 45.9 Å². The van der Waals surface area contributed by atoms with Crippen molar-refractivity contribution >= 4 is 11.7 Å². The summed E-state index contributed by atoms with van der Waals surface area (Å²) < 4.78 is 44.1. The lowest BCUT2D eigenvalue weighted by atomic mass is 10.1. The third-order valence-electron chi connectivity index (χ3n) is 3.14. The normalized spacial score (nSPS) is 12.7. The molecule has 8 heteroatoms. The van der Waals surface area contributed by atoms with E-state index in [0.29, 0.717) is 0 Å². The molecule has 25 heavy (non-hydrogen) atoms. The van der Waals surface area contributed by atoms with Gasteiger partial charge in [-0.2, -0.15) is 23.7 Å². The van der Waals surface area contributed by atoms with Crippen molar-refractivity contribution in [1.29, 1.82) is 10.5 Å². The summed E-state index contributed by atoms with van der Waals surface area (Å²) in [5.74, 6) is -0.820. The first-order valence-corrected chi connectivity index (χ1v) is 7.38. The predicted molar refractivity (Wildman–Crippen MR) is 84.6 cm³/mol. The zero-order valence-electron chi connectivity index (χ0n) is 14.3. The van der Waals surface area contributed by atoms with Crippen molar-refractivity contribution in [3.63, 3.8) is 0 Å². The molecule has 0 saturated heterocycles. The lowest BCUT2D eigenvalue weighted by Crippen LogP contribution is -2.46. The van der Waals surface area contributed by atoms with E-state index in [2.05, 4.69) is 0 Å². The van der Waals surface area contributed by atoms with Gasteiger partial charge in [-0.25, -0.2) is 4.79 Å². The molecule has 1 atom stereocenters. The highest BCUT2D eigenvalue weighted by Crippen LogP contribution is 2.27. The van der Waals surface area contributed by atoms with Gasteiger partial charge in [-0.1, -0.05) is 0 Å². The second-order valence-corrected chi connectivity index (χ2v) is 6.41. The van der Waals surface area contributed by atoms with Gasteiger partial charge in [0.25, 0.3) is 0 Å². The molecule has 0 aliphatic carbocycles. The van der Waals surface area contributed by atoms with Crippen molar-refractivity contribution in [2.75, 3.05) is 11.4 Å². The van der Waals surface area contributed by atoms with Gasteiger partial charge in [-0.3, -0.25) is 0 Å². The first-order chi connectivity index (χ1) is 11.4. The minimum absolute atomic E-state index is 0.00577. The van der Waals surface area contributed by atoms with Crippen molar-refractivity contribution in [1.82, 2.24) is 0 Å². The fraction of sp³-hybridized carbons (Fsp3) is 0.471. The number of hydrogen-bond donors (Lipinski definition) is 0. The lowest BCUT2D eigenvalue weighted by Gasteiger charge is -2.32.